The van der Waals surface area contributed by atoms with E-state index in [1.165, 1.54) is 0 Å². The molecule has 0 radical (unpaired) electrons. The predicted molar refractivity (Wildman–Crippen MR) is 58.2 cm³/mol. The number of aromatic amines is 1. The molecule has 4 heteroatoms. The summed E-state index contributed by atoms with van der Waals surface area (Å²) < 4.78 is 5.31. The number of rotatable bonds is 1. The van der Waals surface area contributed by atoms with Crippen LogP contribution in [0, 0.1) is 0 Å². The van der Waals surface area contributed by atoms with Crippen LogP contribution in [-0.4, -0.2) is 10.2 Å². The van der Waals surface area contributed by atoms with E-state index in [0.717, 1.165) is 22.4 Å². The summed E-state index contributed by atoms with van der Waals surface area (Å²) >= 11 is 0. The van der Waals surface area contributed by atoms with Gasteiger partial charge < -0.3 is 10.2 Å². The number of anilines is 1. The number of fused-ring (bicyclic) bond motifs is 1. The quantitative estimate of drug-likeness (QED) is 0.591. The summed E-state index contributed by atoms with van der Waals surface area (Å²) in [7, 11) is 0. The molecule has 2 aromatic heterocycles. The van der Waals surface area contributed by atoms with E-state index in [0.29, 0.717) is 5.69 Å². The Labute approximate surface area is 85.7 Å². The van der Waals surface area contributed by atoms with Crippen molar-refractivity contribution >= 4 is 16.6 Å². The average Bonchev–Trinajstić information content (AvgIpc) is 2.85. The fourth-order valence-corrected chi connectivity index (χ4v) is 1.67. The second-order valence-corrected chi connectivity index (χ2v) is 3.32. The van der Waals surface area contributed by atoms with Gasteiger partial charge in [0.2, 0.25) is 0 Å². The minimum absolute atomic E-state index is 0.668. The largest absolute Gasteiger partial charge is 0.463 e. The van der Waals surface area contributed by atoms with Gasteiger partial charge in [0.15, 0.2) is 5.76 Å². The lowest BCUT2D eigenvalue weighted by atomic mass is 10.1. The maximum Gasteiger partial charge on any atom is 0.152 e. The molecule has 0 atom stereocenters. The Morgan fingerprint density at radius 3 is 2.93 bits per heavy atom. The molecule has 0 saturated carbocycles. The highest BCUT2D eigenvalue weighted by Crippen LogP contribution is 2.28. The number of furan rings is 1. The number of nitrogens with zero attached hydrogens (tertiary/aromatic N) is 1. The molecule has 0 aliphatic carbocycles. The van der Waals surface area contributed by atoms with Gasteiger partial charge in [-0.2, -0.15) is 5.10 Å². The van der Waals surface area contributed by atoms with E-state index in [1.807, 2.05) is 30.3 Å². The highest BCUT2D eigenvalue weighted by Gasteiger charge is 2.10. The van der Waals surface area contributed by atoms with Gasteiger partial charge in [0.25, 0.3) is 0 Å². The molecule has 3 aromatic rings. The number of nitrogens with two attached hydrogens (primary N) is 1. The zero-order valence-corrected chi connectivity index (χ0v) is 7.90. The fourth-order valence-electron chi connectivity index (χ4n) is 1.67. The Morgan fingerprint density at radius 2 is 2.13 bits per heavy atom. The first-order valence-corrected chi connectivity index (χ1v) is 4.63. The average molecular weight is 199 g/mol. The molecule has 15 heavy (non-hydrogen) atoms. The first kappa shape index (κ1) is 8.11. The minimum atomic E-state index is 0.668. The van der Waals surface area contributed by atoms with E-state index >= 15 is 0 Å². The third-order valence-electron chi connectivity index (χ3n) is 2.38. The second-order valence-electron chi connectivity index (χ2n) is 3.32. The normalized spacial score (nSPS) is 10.9. The van der Waals surface area contributed by atoms with Crippen LogP contribution in [-0.2, 0) is 0 Å². The highest BCUT2D eigenvalue weighted by molar-refractivity contribution is 5.97. The molecular formula is C11H9N3O. The Balaban J connectivity index is 2.34. The molecule has 0 unspecified atom stereocenters. The van der Waals surface area contributed by atoms with E-state index in [4.69, 9.17) is 10.2 Å². The summed E-state index contributed by atoms with van der Waals surface area (Å²) in [6, 6.07) is 9.42. The Morgan fingerprint density at radius 1 is 1.20 bits per heavy atom. The Hall–Kier alpha value is -2.23. The molecular weight excluding hydrogens is 190 g/mol. The van der Waals surface area contributed by atoms with Crippen molar-refractivity contribution in [1.82, 2.24) is 10.2 Å². The van der Waals surface area contributed by atoms with Crippen LogP contribution in [0.15, 0.2) is 41.0 Å². The van der Waals surface area contributed by atoms with Crippen molar-refractivity contribution < 1.29 is 4.42 Å². The van der Waals surface area contributed by atoms with E-state index < -0.39 is 0 Å². The third-order valence-corrected chi connectivity index (χ3v) is 2.38. The predicted octanol–water partition coefficient (Wildman–Crippen LogP) is 2.41. The zero-order valence-electron chi connectivity index (χ0n) is 7.90. The third kappa shape index (κ3) is 1.11. The van der Waals surface area contributed by atoms with E-state index in [1.54, 1.807) is 6.26 Å². The molecule has 0 fully saturated rings. The van der Waals surface area contributed by atoms with Crippen LogP contribution in [0.3, 0.4) is 0 Å². The van der Waals surface area contributed by atoms with Gasteiger partial charge >= 0.3 is 0 Å². The molecule has 0 aliphatic heterocycles. The number of nitrogen functional groups attached to an aromatic ring is 1. The van der Waals surface area contributed by atoms with Crippen LogP contribution in [0.2, 0.25) is 0 Å². The van der Waals surface area contributed by atoms with Crippen molar-refractivity contribution in [2.75, 3.05) is 5.73 Å². The molecule has 2 heterocycles. The lowest BCUT2D eigenvalue weighted by molar-refractivity contribution is 0.580. The number of benzene rings is 1. The van der Waals surface area contributed by atoms with Crippen molar-refractivity contribution in [2.45, 2.75) is 0 Å². The van der Waals surface area contributed by atoms with Crippen LogP contribution in [0.5, 0.6) is 0 Å². The lowest BCUT2D eigenvalue weighted by Crippen LogP contribution is -1.84. The van der Waals surface area contributed by atoms with Crippen LogP contribution in [0.1, 0.15) is 0 Å². The van der Waals surface area contributed by atoms with E-state index in [9.17, 15) is 0 Å². The van der Waals surface area contributed by atoms with Gasteiger partial charge in [-0.1, -0.05) is 12.1 Å². The van der Waals surface area contributed by atoms with Crippen LogP contribution in [0.4, 0.5) is 5.69 Å². The molecule has 4 nitrogen and oxygen atoms in total. The van der Waals surface area contributed by atoms with Crippen molar-refractivity contribution in [3.8, 4) is 11.5 Å². The topological polar surface area (TPSA) is 67.8 Å². The van der Waals surface area contributed by atoms with Crippen molar-refractivity contribution in [1.29, 1.82) is 0 Å². The summed E-state index contributed by atoms with van der Waals surface area (Å²) in [5, 5.41) is 8.07. The van der Waals surface area contributed by atoms with E-state index in [-0.39, 0.29) is 0 Å². The highest BCUT2D eigenvalue weighted by atomic mass is 16.3. The van der Waals surface area contributed by atoms with Gasteiger partial charge in [-0.15, -0.1) is 0 Å². The van der Waals surface area contributed by atoms with Gasteiger partial charge in [-0.3, -0.25) is 5.10 Å². The number of para-hydroxylation sites is 1. The molecule has 74 valence electrons. The van der Waals surface area contributed by atoms with Gasteiger partial charge in [0.05, 0.1) is 12.0 Å². The standard InChI is InChI=1S/C11H9N3O/c12-8-4-1-3-7-10(8)13-14-11(7)9-5-2-6-15-9/h1-6H,12H2,(H,13,14). The molecule has 3 N–H and O–H groups in total. The summed E-state index contributed by atoms with van der Waals surface area (Å²) in [6.45, 7) is 0. The van der Waals surface area contributed by atoms with Crippen LogP contribution >= 0.6 is 0 Å². The van der Waals surface area contributed by atoms with Crippen LogP contribution in [0.25, 0.3) is 22.4 Å². The minimum Gasteiger partial charge on any atom is -0.463 e. The number of hydrogen-bond acceptors (Lipinski definition) is 3. The number of nitrogens with one attached hydrogen (secondary N) is 1. The summed E-state index contributed by atoms with van der Waals surface area (Å²) in [5.41, 5.74) is 8.12. The molecule has 0 amide bonds. The fraction of sp³-hybridized carbons (Fsp3) is 0. The van der Waals surface area contributed by atoms with Gasteiger partial charge in [0, 0.05) is 5.39 Å². The molecule has 0 spiro atoms. The molecule has 0 bridgehead atoms. The maximum absolute atomic E-state index is 5.81. The molecule has 0 aliphatic rings. The van der Waals surface area contributed by atoms with Crippen molar-refractivity contribution in [2.24, 2.45) is 0 Å². The summed E-state index contributed by atoms with van der Waals surface area (Å²) in [5.74, 6) is 0.767. The first-order chi connectivity index (χ1) is 7.36. The Kier molecular flexibility index (Phi) is 1.56. The monoisotopic (exact) mass is 199 g/mol. The van der Waals surface area contributed by atoms with Crippen molar-refractivity contribution in [3.05, 3.63) is 36.6 Å². The second kappa shape index (κ2) is 2.88. The summed E-state index contributed by atoms with van der Waals surface area (Å²) in [6.07, 6.45) is 1.63. The van der Waals surface area contributed by atoms with E-state index in [2.05, 4.69) is 10.2 Å². The SMILES string of the molecule is Nc1cccc2c(-c3ccco3)[nH]nc12. The first-order valence-electron chi connectivity index (χ1n) is 4.63. The maximum atomic E-state index is 5.81. The van der Waals surface area contributed by atoms with Crippen LogP contribution < -0.4 is 5.73 Å². The zero-order chi connectivity index (χ0) is 10.3. The van der Waals surface area contributed by atoms with Gasteiger partial charge in [0.1, 0.15) is 11.2 Å². The number of H-pyrrole nitrogens is 1. The molecule has 0 saturated heterocycles. The summed E-state index contributed by atoms with van der Waals surface area (Å²) in [4.78, 5) is 0. The van der Waals surface area contributed by atoms with Gasteiger partial charge in [-0.25, -0.2) is 0 Å². The van der Waals surface area contributed by atoms with Gasteiger partial charge in [-0.05, 0) is 18.2 Å². The number of aromatic nitrogens is 2. The van der Waals surface area contributed by atoms with Crippen molar-refractivity contribution in [3.63, 3.8) is 0 Å². The molecule has 1 aromatic carbocycles. The lowest BCUT2D eigenvalue weighted by Gasteiger charge is -1.94. The molecule has 3 rings (SSSR count). The Bertz CT molecular complexity index is 595. The smallest absolute Gasteiger partial charge is 0.152 e. The number of hydrogen-bond donors (Lipinski definition) is 2.